The minimum atomic E-state index is 0.0610. The van der Waals surface area contributed by atoms with Gasteiger partial charge in [-0.1, -0.05) is 11.2 Å². The monoisotopic (exact) mass is 405 g/mol. The number of rotatable bonds is 7. The molecule has 1 aromatic carbocycles. The van der Waals surface area contributed by atoms with Gasteiger partial charge in [0.2, 0.25) is 11.7 Å². The molecule has 0 N–H and O–H groups in total. The molecule has 0 aliphatic rings. The van der Waals surface area contributed by atoms with Crippen molar-refractivity contribution in [3.63, 3.8) is 0 Å². The summed E-state index contributed by atoms with van der Waals surface area (Å²) in [6.45, 7) is 1.94. The fraction of sp³-hybridized carbons (Fsp3) is 0.190. The van der Waals surface area contributed by atoms with Gasteiger partial charge in [0, 0.05) is 29.7 Å². The summed E-state index contributed by atoms with van der Waals surface area (Å²) in [6.07, 6.45) is 3.38. The number of ether oxygens (including phenoxy) is 3. The molecule has 4 rings (SSSR count). The van der Waals surface area contributed by atoms with Crippen molar-refractivity contribution in [3.8, 4) is 40.2 Å². The summed E-state index contributed by atoms with van der Waals surface area (Å²) in [6, 6.07) is 10.9. The Hall–Kier alpha value is -4.01. The highest BCUT2D eigenvalue weighted by molar-refractivity contribution is 5.68. The molecule has 0 saturated heterocycles. The number of aromatic nitrogens is 5. The zero-order chi connectivity index (χ0) is 20.9. The summed E-state index contributed by atoms with van der Waals surface area (Å²) >= 11 is 0. The van der Waals surface area contributed by atoms with Crippen molar-refractivity contribution in [2.45, 2.75) is 13.5 Å². The summed E-state index contributed by atoms with van der Waals surface area (Å²) in [4.78, 5) is 17.3. The van der Waals surface area contributed by atoms with Gasteiger partial charge in [0.1, 0.15) is 0 Å². The smallest absolute Gasteiger partial charge is 0.264 e. The number of para-hydroxylation sites is 1. The normalized spacial score (nSPS) is 10.6. The summed E-state index contributed by atoms with van der Waals surface area (Å²) in [5, 5.41) is 4.02. The number of nitrogens with zero attached hydrogens (tertiary/aromatic N) is 5. The molecule has 9 nitrogen and oxygen atoms in total. The first-order valence-electron chi connectivity index (χ1n) is 9.10. The highest BCUT2D eigenvalue weighted by atomic mass is 16.5. The van der Waals surface area contributed by atoms with Crippen LogP contribution >= 0.6 is 0 Å². The van der Waals surface area contributed by atoms with Gasteiger partial charge >= 0.3 is 0 Å². The average molecular weight is 405 g/mol. The van der Waals surface area contributed by atoms with Crippen LogP contribution in [0.1, 0.15) is 11.6 Å². The van der Waals surface area contributed by atoms with Gasteiger partial charge in [-0.15, -0.1) is 0 Å². The molecule has 0 atom stereocenters. The van der Waals surface area contributed by atoms with Crippen molar-refractivity contribution in [1.29, 1.82) is 0 Å². The minimum absolute atomic E-state index is 0.0610. The molecular formula is C21H19N5O4. The van der Waals surface area contributed by atoms with E-state index in [1.54, 1.807) is 38.7 Å². The molecule has 30 heavy (non-hydrogen) atoms. The molecule has 0 aliphatic heterocycles. The maximum atomic E-state index is 5.77. The van der Waals surface area contributed by atoms with Crippen molar-refractivity contribution in [1.82, 2.24) is 25.1 Å². The van der Waals surface area contributed by atoms with Gasteiger partial charge in [-0.2, -0.15) is 9.97 Å². The van der Waals surface area contributed by atoms with Crippen LogP contribution in [0.3, 0.4) is 0 Å². The number of hydrogen-bond acceptors (Lipinski definition) is 9. The van der Waals surface area contributed by atoms with E-state index >= 15 is 0 Å². The first kappa shape index (κ1) is 19.3. The SMILES string of the molecule is COc1cccc(-c2noc(COc3cc(C)nc(-c4ccncc4)n3)n2)c1OC. The molecule has 0 radical (unpaired) electrons. The Balaban J connectivity index is 1.53. The van der Waals surface area contributed by atoms with E-state index in [0.717, 1.165) is 11.3 Å². The van der Waals surface area contributed by atoms with E-state index in [9.17, 15) is 0 Å². The van der Waals surface area contributed by atoms with Gasteiger partial charge in [0.25, 0.3) is 5.89 Å². The fourth-order valence-electron chi connectivity index (χ4n) is 2.87. The van der Waals surface area contributed by atoms with E-state index < -0.39 is 0 Å². The molecule has 0 fully saturated rings. The quantitative estimate of drug-likeness (QED) is 0.457. The number of aryl methyl sites for hydroxylation is 1. The third-order valence-electron chi connectivity index (χ3n) is 4.22. The lowest BCUT2D eigenvalue weighted by atomic mass is 10.1. The second-order valence-corrected chi connectivity index (χ2v) is 6.25. The lowest BCUT2D eigenvalue weighted by Gasteiger charge is -2.09. The van der Waals surface area contributed by atoms with Crippen LogP contribution in [-0.4, -0.2) is 39.3 Å². The van der Waals surface area contributed by atoms with Crippen LogP contribution in [0.2, 0.25) is 0 Å². The van der Waals surface area contributed by atoms with Crippen LogP contribution in [0, 0.1) is 6.92 Å². The molecular weight excluding hydrogens is 386 g/mol. The van der Waals surface area contributed by atoms with E-state index in [4.69, 9.17) is 18.7 Å². The molecule has 0 bridgehead atoms. The van der Waals surface area contributed by atoms with Crippen LogP contribution in [-0.2, 0) is 6.61 Å². The average Bonchev–Trinajstić information content (AvgIpc) is 3.26. The maximum Gasteiger partial charge on any atom is 0.264 e. The molecule has 0 spiro atoms. The van der Waals surface area contributed by atoms with Gasteiger partial charge in [-0.05, 0) is 31.2 Å². The molecule has 152 valence electrons. The summed E-state index contributed by atoms with van der Waals surface area (Å²) in [5.41, 5.74) is 2.28. The fourth-order valence-corrected chi connectivity index (χ4v) is 2.87. The number of methoxy groups -OCH3 is 2. The Morgan fingerprint density at radius 1 is 0.933 bits per heavy atom. The van der Waals surface area contributed by atoms with E-state index in [1.165, 1.54) is 0 Å². The Bertz CT molecular complexity index is 1150. The van der Waals surface area contributed by atoms with Gasteiger partial charge in [0.15, 0.2) is 23.9 Å². The lowest BCUT2D eigenvalue weighted by Crippen LogP contribution is -2.01. The molecule has 0 saturated carbocycles. The summed E-state index contributed by atoms with van der Waals surface area (Å²) < 4.78 is 21.8. The van der Waals surface area contributed by atoms with Gasteiger partial charge in [0.05, 0.1) is 19.8 Å². The van der Waals surface area contributed by atoms with Gasteiger partial charge < -0.3 is 18.7 Å². The predicted octanol–water partition coefficient (Wildman–Crippen LogP) is 3.49. The lowest BCUT2D eigenvalue weighted by molar-refractivity contribution is 0.235. The molecule has 3 aromatic heterocycles. The van der Waals surface area contributed by atoms with E-state index in [2.05, 4.69) is 25.1 Å². The molecule has 0 aliphatic carbocycles. The van der Waals surface area contributed by atoms with Gasteiger partial charge in [-0.25, -0.2) is 4.98 Å². The Morgan fingerprint density at radius 3 is 2.53 bits per heavy atom. The van der Waals surface area contributed by atoms with Crippen LogP contribution in [0.15, 0.2) is 53.3 Å². The van der Waals surface area contributed by atoms with Crippen LogP contribution in [0.4, 0.5) is 0 Å². The summed E-state index contributed by atoms with van der Waals surface area (Å²) in [7, 11) is 3.13. The largest absolute Gasteiger partial charge is 0.493 e. The second kappa shape index (κ2) is 8.56. The molecule has 9 heteroatoms. The molecule has 3 heterocycles. The topological polar surface area (TPSA) is 105 Å². The van der Waals surface area contributed by atoms with E-state index in [1.807, 2.05) is 31.2 Å². The number of benzene rings is 1. The molecule has 0 unspecified atom stereocenters. The Morgan fingerprint density at radius 2 is 1.77 bits per heavy atom. The first-order valence-corrected chi connectivity index (χ1v) is 9.10. The van der Waals surface area contributed by atoms with Crippen molar-refractivity contribution in [3.05, 3.63) is 60.4 Å². The second-order valence-electron chi connectivity index (χ2n) is 6.25. The standard InChI is InChI=1S/C21H19N5O4/c1-13-11-17(24-20(23-13)14-7-9-22-10-8-14)29-12-18-25-21(26-30-18)15-5-4-6-16(27-2)19(15)28-3/h4-11H,12H2,1-3H3. The minimum Gasteiger partial charge on any atom is -0.493 e. The van der Waals surface area contributed by atoms with Crippen LogP contribution in [0.25, 0.3) is 22.8 Å². The number of pyridine rings is 1. The van der Waals surface area contributed by atoms with Crippen molar-refractivity contribution in [2.24, 2.45) is 0 Å². The highest BCUT2D eigenvalue weighted by Crippen LogP contribution is 2.36. The zero-order valence-electron chi connectivity index (χ0n) is 16.7. The zero-order valence-corrected chi connectivity index (χ0v) is 16.7. The van der Waals surface area contributed by atoms with Crippen molar-refractivity contribution in [2.75, 3.05) is 14.2 Å². The third-order valence-corrected chi connectivity index (χ3v) is 4.22. The van der Waals surface area contributed by atoms with E-state index in [0.29, 0.717) is 40.5 Å². The van der Waals surface area contributed by atoms with Gasteiger partial charge in [-0.3, -0.25) is 4.98 Å². The Kier molecular flexibility index (Phi) is 5.51. The molecule has 0 amide bonds. The van der Waals surface area contributed by atoms with Crippen molar-refractivity contribution < 1.29 is 18.7 Å². The van der Waals surface area contributed by atoms with Crippen LogP contribution < -0.4 is 14.2 Å². The Labute approximate surface area is 172 Å². The highest BCUT2D eigenvalue weighted by Gasteiger charge is 2.17. The maximum absolute atomic E-state index is 5.77. The van der Waals surface area contributed by atoms with E-state index in [-0.39, 0.29) is 6.61 Å². The molecule has 4 aromatic rings. The summed E-state index contributed by atoms with van der Waals surface area (Å²) in [5.74, 6) is 2.75. The predicted molar refractivity (Wildman–Crippen MR) is 107 cm³/mol. The van der Waals surface area contributed by atoms with Crippen molar-refractivity contribution >= 4 is 0 Å². The number of hydrogen-bond donors (Lipinski definition) is 0. The van der Waals surface area contributed by atoms with Crippen LogP contribution in [0.5, 0.6) is 17.4 Å². The third kappa shape index (κ3) is 4.04. The first-order chi connectivity index (χ1) is 14.7.